The first kappa shape index (κ1) is 18.7. The Labute approximate surface area is 147 Å². The highest BCUT2D eigenvalue weighted by Crippen LogP contribution is 2.32. The van der Waals surface area contributed by atoms with Gasteiger partial charge in [-0.1, -0.05) is 23.7 Å². The van der Waals surface area contributed by atoms with E-state index in [-0.39, 0.29) is 24.3 Å². The molecule has 0 unspecified atom stereocenters. The zero-order chi connectivity index (χ0) is 17.6. The van der Waals surface area contributed by atoms with Crippen molar-refractivity contribution in [1.29, 1.82) is 0 Å². The van der Waals surface area contributed by atoms with Gasteiger partial charge in [0.25, 0.3) is 0 Å². The third kappa shape index (κ3) is 5.49. The molecule has 1 saturated carbocycles. The average molecular weight is 354 g/mol. The van der Waals surface area contributed by atoms with Gasteiger partial charge in [0.1, 0.15) is 0 Å². The van der Waals surface area contributed by atoms with Crippen LogP contribution in [0.3, 0.4) is 0 Å². The van der Waals surface area contributed by atoms with Crippen LogP contribution in [-0.2, 0) is 20.7 Å². The first-order valence-corrected chi connectivity index (χ1v) is 8.61. The Morgan fingerprint density at radius 2 is 1.92 bits per heavy atom. The molecular weight excluding hydrogens is 330 g/mol. The van der Waals surface area contributed by atoms with E-state index in [0.29, 0.717) is 43.5 Å². The van der Waals surface area contributed by atoms with Crippen LogP contribution in [0.15, 0.2) is 24.3 Å². The van der Waals surface area contributed by atoms with Crippen molar-refractivity contribution in [3.8, 4) is 0 Å². The van der Waals surface area contributed by atoms with Crippen LogP contribution < -0.4 is 5.32 Å². The summed E-state index contributed by atoms with van der Waals surface area (Å²) in [4.78, 5) is 23.5. The number of carbonyl (C=O) groups is 2. The second-order valence-corrected chi connectivity index (χ2v) is 6.86. The molecule has 132 valence electrons. The van der Waals surface area contributed by atoms with Crippen molar-refractivity contribution in [2.24, 2.45) is 5.92 Å². The Morgan fingerprint density at radius 3 is 2.50 bits per heavy atom. The van der Waals surface area contributed by atoms with Crippen LogP contribution in [-0.4, -0.2) is 36.2 Å². The molecule has 1 aliphatic carbocycles. The topological polar surface area (TPSA) is 75.6 Å². The third-order valence-electron chi connectivity index (χ3n) is 4.62. The van der Waals surface area contributed by atoms with Crippen LogP contribution in [0.2, 0.25) is 5.02 Å². The standard InChI is InChI=1S/C18H24ClNO4/c1-24-17(22)14-8-10-18(23,11-9-14)12-20-16(21)7-4-13-2-5-15(19)6-3-13/h2-3,5-6,14,23H,4,7-12H2,1H3,(H,20,21). The third-order valence-corrected chi connectivity index (χ3v) is 4.87. The molecule has 5 nitrogen and oxygen atoms in total. The molecule has 0 bridgehead atoms. The molecule has 0 saturated heterocycles. The van der Waals surface area contributed by atoms with Crippen molar-refractivity contribution >= 4 is 23.5 Å². The number of aliphatic hydroxyl groups is 1. The first-order chi connectivity index (χ1) is 11.4. The van der Waals surface area contributed by atoms with E-state index in [1.807, 2.05) is 12.1 Å². The fourth-order valence-electron chi connectivity index (χ4n) is 2.99. The van der Waals surface area contributed by atoms with Gasteiger partial charge in [-0.05, 0) is 49.8 Å². The summed E-state index contributed by atoms with van der Waals surface area (Å²) < 4.78 is 4.74. The molecule has 2 N–H and O–H groups in total. The number of benzene rings is 1. The SMILES string of the molecule is COC(=O)C1CCC(O)(CNC(=O)CCc2ccc(Cl)cc2)CC1. The number of methoxy groups -OCH3 is 1. The fourth-order valence-corrected chi connectivity index (χ4v) is 3.12. The summed E-state index contributed by atoms with van der Waals surface area (Å²) in [6.45, 7) is 0.223. The summed E-state index contributed by atoms with van der Waals surface area (Å²) in [6, 6.07) is 7.41. The highest BCUT2D eigenvalue weighted by Gasteiger charge is 2.36. The van der Waals surface area contributed by atoms with Gasteiger partial charge in [0.05, 0.1) is 18.6 Å². The van der Waals surface area contributed by atoms with Gasteiger partial charge in [0, 0.05) is 18.0 Å². The summed E-state index contributed by atoms with van der Waals surface area (Å²) in [6.07, 6.45) is 3.15. The lowest BCUT2D eigenvalue weighted by atomic mass is 9.79. The smallest absolute Gasteiger partial charge is 0.308 e. The van der Waals surface area contributed by atoms with Crippen molar-refractivity contribution in [2.45, 2.75) is 44.1 Å². The summed E-state index contributed by atoms with van der Waals surface area (Å²) >= 11 is 5.83. The van der Waals surface area contributed by atoms with Gasteiger partial charge in [0.2, 0.25) is 5.91 Å². The minimum absolute atomic E-state index is 0.0894. The fraction of sp³-hybridized carbons (Fsp3) is 0.556. The lowest BCUT2D eigenvalue weighted by Crippen LogP contribution is -2.46. The van der Waals surface area contributed by atoms with E-state index in [4.69, 9.17) is 16.3 Å². The van der Waals surface area contributed by atoms with Gasteiger partial charge in [-0.2, -0.15) is 0 Å². The van der Waals surface area contributed by atoms with Gasteiger partial charge in [-0.15, -0.1) is 0 Å². The van der Waals surface area contributed by atoms with Crippen molar-refractivity contribution in [1.82, 2.24) is 5.32 Å². The van der Waals surface area contributed by atoms with Crippen molar-refractivity contribution in [3.63, 3.8) is 0 Å². The van der Waals surface area contributed by atoms with Crippen LogP contribution in [0.1, 0.15) is 37.7 Å². The number of amides is 1. The van der Waals surface area contributed by atoms with Crippen molar-refractivity contribution < 1.29 is 19.4 Å². The predicted molar refractivity (Wildman–Crippen MR) is 91.7 cm³/mol. The maximum Gasteiger partial charge on any atom is 0.308 e. The van der Waals surface area contributed by atoms with Crippen LogP contribution in [0, 0.1) is 5.92 Å². The van der Waals surface area contributed by atoms with Crippen LogP contribution in [0.25, 0.3) is 0 Å². The molecule has 0 heterocycles. The molecule has 0 aliphatic heterocycles. The number of aryl methyl sites for hydroxylation is 1. The monoisotopic (exact) mass is 353 g/mol. The highest BCUT2D eigenvalue weighted by atomic mass is 35.5. The number of hydrogen-bond donors (Lipinski definition) is 2. The predicted octanol–water partition coefficient (Wildman–Crippen LogP) is 2.48. The summed E-state index contributed by atoms with van der Waals surface area (Å²) in [5.74, 6) is -0.451. The molecule has 1 fully saturated rings. The van der Waals surface area contributed by atoms with E-state index in [9.17, 15) is 14.7 Å². The van der Waals surface area contributed by atoms with Crippen molar-refractivity contribution in [3.05, 3.63) is 34.9 Å². The van der Waals surface area contributed by atoms with E-state index in [2.05, 4.69) is 5.32 Å². The molecule has 6 heteroatoms. The number of nitrogens with one attached hydrogen (secondary N) is 1. The Kier molecular flexibility index (Phi) is 6.63. The van der Waals surface area contributed by atoms with E-state index in [0.717, 1.165) is 5.56 Å². The zero-order valence-corrected chi connectivity index (χ0v) is 14.6. The van der Waals surface area contributed by atoms with Crippen LogP contribution >= 0.6 is 11.6 Å². The minimum Gasteiger partial charge on any atom is -0.469 e. The van der Waals surface area contributed by atoms with Gasteiger partial charge < -0.3 is 15.2 Å². The van der Waals surface area contributed by atoms with Crippen LogP contribution in [0.4, 0.5) is 0 Å². The Bertz CT molecular complexity index is 565. The number of carbonyl (C=O) groups excluding carboxylic acids is 2. The maximum atomic E-state index is 12.0. The number of ether oxygens (including phenoxy) is 1. The molecule has 0 aromatic heterocycles. The van der Waals surface area contributed by atoms with E-state index in [1.54, 1.807) is 12.1 Å². The second kappa shape index (κ2) is 8.49. The molecule has 0 radical (unpaired) electrons. The molecule has 24 heavy (non-hydrogen) atoms. The molecule has 2 rings (SSSR count). The summed E-state index contributed by atoms with van der Waals surface area (Å²) in [7, 11) is 1.38. The normalized spacial score (nSPS) is 23.5. The van der Waals surface area contributed by atoms with E-state index in [1.165, 1.54) is 7.11 Å². The molecule has 1 aromatic rings. The van der Waals surface area contributed by atoms with E-state index < -0.39 is 5.60 Å². The molecular formula is C18H24ClNO4. The molecule has 1 aliphatic rings. The lowest BCUT2D eigenvalue weighted by Gasteiger charge is -2.35. The molecule has 0 spiro atoms. The minimum atomic E-state index is -0.930. The second-order valence-electron chi connectivity index (χ2n) is 6.42. The quantitative estimate of drug-likeness (QED) is 0.770. The lowest BCUT2D eigenvalue weighted by molar-refractivity contribution is -0.148. The van der Waals surface area contributed by atoms with Crippen LogP contribution in [0.5, 0.6) is 0 Å². The number of halogens is 1. The van der Waals surface area contributed by atoms with Crippen molar-refractivity contribution in [2.75, 3.05) is 13.7 Å². The Hall–Kier alpha value is -1.59. The van der Waals surface area contributed by atoms with Gasteiger partial charge in [-0.25, -0.2) is 0 Å². The number of esters is 1. The molecule has 1 aromatic carbocycles. The Morgan fingerprint density at radius 1 is 1.29 bits per heavy atom. The summed E-state index contributed by atoms with van der Waals surface area (Å²) in [5.41, 5.74) is 0.118. The largest absolute Gasteiger partial charge is 0.469 e. The summed E-state index contributed by atoms with van der Waals surface area (Å²) in [5, 5.41) is 14.0. The number of rotatable bonds is 6. The van der Waals surface area contributed by atoms with Gasteiger partial charge in [-0.3, -0.25) is 9.59 Å². The number of hydrogen-bond acceptors (Lipinski definition) is 4. The average Bonchev–Trinajstić information content (AvgIpc) is 2.59. The van der Waals surface area contributed by atoms with E-state index >= 15 is 0 Å². The van der Waals surface area contributed by atoms with Gasteiger partial charge >= 0.3 is 5.97 Å². The maximum absolute atomic E-state index is 12.0. The highest BCUT2D eigenvalue weighted by molar-refractivity contribution is 6.30. The molecule has 1 amide bonds. The first-order valence-electron chi connectivity index (χ1n) is 8.23. The molecule has 0 atom stereocenters. The van der Waals surface area contributed by atoms with Gasteiger partial charge in [0.15, 0.2) is 0 Å². The Balaban J connectivity index is 1.71. The zero-order valence-electron chi connectivity index (χ0n) is 13.9.